The summed E-state index contributed by atoms with van der Waals surface area (Å²) in [5.74, 6) is 1.80. The van der Waals surface area contributed by atoms with Crippen LogP contribution in [0.3, 0.4) is 0 Å². The fourth-order valence-corrected chi connectivity index (χ4v) is 4.00. The molecule has 0 spiro atoms. The molecule has 5 rings (SSSR count). The van der Waals surface area contributed by atoms with Crippen molar-refractivity contribution < 1.29 is 9.47 Å². The van der Waals surface area contributed by atoms with Crippen LogP contribution in [0.15, 0.2) is 79.1 Å². The highest BCUT2D eigenvalue weighted by Gasteiger charge is 2.84. The Morgan fingerprint density at radius 2 is 1.54 bits per heavy atom. The van der Waals surface area contributed by atoms with E-state index in [1.54, 1.807) is 6.20 Å². The molecule has 0 radical (unpaired) electrons. The maximum atomic E-state index is 6.01. The van der Waals surface area contributed by atoms with Gasteiger partial charge in [0.15, 0.2) is 0 Å². The zero-order valence-electron chi connectivity index (χ0n) is 14.6. The van der Waals surface area contributed by atoms with Gasteiger partial charge in [0.25, 0.3) is 0 Å². The third-order valence-electron chi connectivity index (χ3n) is 5.82. The molecule has 26 heavy (non-hydrogen) atoms. The molecule has 3 nitrogen and oxygen atoms in total. The van der Waals surface area contributed by atoms with Crippen molar-refractivity contribution in [3.05, 3.63) is 90.3 Å². The first-order valence-electron chi connectivity index (χ1n) is 9.10. The lowest BCUT2D eigenvalue weighted by molar-refractivity contribution is 0.270. The van der Waals surface area contributed by atoms with Gasteiger partial charge in [0.1, 0.15) is 18.1 Å². The lowest BCUT2D eigenvalue weighted by atomic mass is 10.1. The van der Waals surface area contributed by atoms with Crippen molar-refractivity contribution in [2.45, 2.75) is 24.9 Å². The summed E-state index contributed by atoms with van der Waals surface area (Å²) in [4.78, 5) is 4.41. The van der Waals surface area contributed by atoms with Gasteiger partial charge in [-0.2, -0.15) is 0 Å². The fraction of sp³-hybridized carbons (Fsp3) is 0.261. The second-order valence-electron chi connectivity index (χ2n) is 7.50. The molecule has 0 amide bonds. The Bertz CT molecular complexity index is 902. The van der Waals surface area contributed by atoms with Gasteiger partial charge in [-0.15, -0.1) is 0 Å². The number of rotatable bonds is 7. The summed E-state index contributed by atoms with van der Waals surface area (Å²) >= 11 is 0. The van der Waals surface area contributed by atoms with Gasteiger partial charge in [0.05, 0.1) is 12.8 Å². The van der Waals surface area contributed by atoms with Crippen LogP contribution in [0.5, 0.6) is 11.5 Å². The quantitative estimate of drug-likeness (QED) is 0.619. The van der Waals surface area contributed by atoms with Crippen molar-refractivity contribution in [1.82, 2.24) is 4.98 Å². The predicted molar refractivity (Wildman–Crippen MR) is 100 cm³/mol. The van der Waals surface area contributed by atoms with E-state index in [1.807, 2.05) is 54.7 Å². The molecule has 0 unspecified atom stereocenters. The number of hydrogen-bond donors (Lipinski definition) is 0. The van der Waals surface area contributed by atoms with Crippen molar-refractivity contribution >= 4 is 0 Å². The molecule has 0 bridgehead atoms. The lowest BCUT2D eigenvalue weighted by Gasteiger charge is -2.08. The van der Waals surface area contributed by atoms with Gasteiger partial charge in [-0.05, 0) is 42.2 Å². The number of nitrogens with zero attached hydrogens (tertiary/aromatic N) is 1. The second kappa shape index (κ2) is 5.87. The van der Waals surface area contributed by atoms with Gasteiger partial charge in [0.2, 0.25) is 0 Å². The van der Waals surface area contributed by atoms with Gasteiger partial charge >= 0.3 is 0 Å². The Morgan fingerprint density at radius 3 is 2.31 bits per heavy atom. The number of ether oxygens (including phenoxy) is 2. The Kier molecular flexibility index (Phi) is 3.49. The summed E-state index contributed by atoms with van der Waals surface area (Å²) in [6, 6.07) is 22.4. The Labute approximate surface area is 153 Å². The van der Waals surface area contributed by atoms with Crippen LogP contribution < -0.4 is 9.47 Å². The predicted octanol–water partition coefficient (Wildman–Crippen LogP) is 4.77. The topological polar surface area (TPSA) is 31.4 Å². The molecule has 130 valence electrons. The molecular weight excluding hydrogens is 322 g/mol. The second-order valence-corrected chi connectivity index (χ2v) is 7.50. The summed E-state index contributed by atoms with van der Waals surface area (Å²) in [7, 11) is 0. The zero-order valence-corrected chi connectivity index (χ0v) is 14.6. The van der Waals surface area contributed by atoms with Crippen LogP contribution in [0, 0.1) is 5.41 Å². The Balaban J connectivity index is 1.23. The van der Waals surface area contributed by atoms with Gasteiger partial charge in [-0.25, -0.2) is 0 Å². The smallest absolute Gasteiger partial charge is 0.138 e. The normalized spacial score (nSPS) is 25.2. The van der Waals surface area contributed by atoms with E-state index in [0.717, 1.165) is 18.1 Å². The van der Waals surface area contributed by atoms with Crippen molar-refractivity contribution in [3.63, 3.8) is 0 Å². The van der Waals surface area contributed by atoms with Crippen molar-refractivity contribution in [2.75, 3.05) is 6.61 Å². The molecular formula is C23H21NO2. The maximum Gasteiger partial charge on any atom is 0.138 e. The first-order valence-corrected chi connectivity index (χ1v) is 9.10. The van der Waals surface area contributed by atoms with Crippen LogP contribution in [0.1, 0.15) is 24.0 Å². The van der Waals surface area contributed by atoms with Crippen molar-refractivity contribution in [2.24, 2.45) is 5.41 Å². The lowest BCUT2D eigenvalue weighted by Crippen LogP contribution is -2.04. The van der Waals surface area contributed by atoms with Crippen LogP contribution in [-0.2, 0) is 12.0 Å². The SMILES string of the molecule is c1ccc(COc2cncc(C34CC3(COc3ccccc3)C4)c2)cc1. The minimum atomic E-state index is 0.265. The summed E-state index contributed by atoms with van der Waals surface area (Å²) in [6.45, 7) is 1.35. The number of hydrogen-bond acceptors (Lipinski definition) is 3. The number of pyridine rings is 1. The average molecular weight is 343 g/mol. The minimum absolute atomic E-state index is 0.265. The molecule has 2 aliphatic rings. The summed E-state index contributed by atoms with van der Waals surface area (Å²) in [5.41, 5.74) is 3.03. The van der Waals surface area contributed by atoms with Crippen LogP contribution >= 0.6 is 0 Å². The molecule has 0 atom stereocenters. The van der Waals surface area contributed by atoms with Crippen LogP contribution in [0.4, 0.5) is 0 Å². The monoisotopic (exact) mass is 343 g/mol. The van der Waals surface area contributed by atoms with E-state index < -0.39 is 0 Å². The number of benzene rings is 2. The van der Waals surface area contributed by atoms with Crippen LogP contribution in [-0.4, -0.2) is 11.6 Å². The molecule has 2 fully saturated rings. The third kappa shape index (κ3) is 2.64. The van der Waals surface area contributed by atoms with Crippen LogP contribution in [0.25, 0.3) is 0 Å². The molecule has 2 saturated carbocycles. The first-order chi connectivity index (χ1) is 12.8. The molecule has 2 aromatic carbocycles. The molecule has 3 heteroatoms. The summed E-state index contributed by atoms with van der Waals surface area (Å²) in [6.07, 6.45) is 6.18. The fourth-order valence-electron chi connectivity index (χ4n) is 4.00. The van der Waals surface area contributed by atoms with Gasteiger partial charge in [0, 0.05) is 17.0 Å². The average Bonchev–Trinajstić information content (AvgIpc) is 3.54. The van der Waals surface area contributed by atoms with E-state index in [2.05, 4.69) is 23.2 Å². The van der Waals surface area contributed by atoms with E-state index in [1.165, 1.54) is 24.0 Å². The number of para-hydroxylation sites is 1. The van der Waals surface area contributed by atoms with Crippen molar-refractivity contribution in [3.8, 4) is 11.5 Å². The van der Waals surface area contributed by atoms with E-state index >= 15 is 0 Å². The van der Waals surface area contributed by atoms with Gasteiger partial charge in [-0.3, -0.25) is 4.98 Å². The number of aromatic nitrogens is 1. The number of fused-ring (bicyclic) bond motifs is 1. The molecule has 0 aliphatic heterocycles. The summed E-state index contributed by atoms with van der Waals surface area (Å²) < 4.78 is 11.9. The van der Waals surface area contributed by atoms with Gasteiger partial charge < -0.3 is 9.47 Å². The Morgan fingerprint density at radius 1 is 0.808 bits per heavy atom. The van der Waals surface area contributed by atoms with E-state index in [0.29, 0.717) is 12.0 Å². The molecule has 0 saturated heterocycles. The van der Waals surface area contributed by atoms with E-state index in [9.17, 15) is 0 Å². The molecule has 0 N–H and O–H groups in total. The van der Waals surface area contributed by atoms with E-state index in [4.69, 9.17) is 9.47 Å². The van der Waals surface area contributed by atoms with Gasteiger partial charge in [-0.1, -0.05) is 48.5 Å². The van der Waals surface area contributed by atoms with E-state index in [-0.39, 0.29) is 5.41 Å². The Hall–Kier alpha value is -2.81. The first kappa shape index (κ1) is 15.4. The molecule has 1 heterocycles. The third-order valence-corrected chi connectivity index (χ3v) is 5.82. The highest BCUT2D eigenvalue weighted by molar-refractivity contribution is 5.51. The van der Waals surface area contributed by atoms with Crippen LogP contribution in [0.2, 0.25) is 0 Å². The van der Waals surface area contributed by atoms with Crippen molar-refractivity contribution in [1.29, 1.82) is 0 Å². The molecule has 1 aromatic heterocycles. The highest BCUT2D eigenvalue weighted by Crippen LogP contribution is 2.85. The highest BCUT2D eigenvalue weighted by atomic mass is 16.5. The largest absolute Gasteiger partial charge is 0.493 e. The molecule has 2 aliphatic carbocycles. The molecule has 3 aromatic rings. The minimum Gasteiger partial charge on any atom is -0.493 e. The standard InChI is InChI=1S/C23H21NO2/c1-3-7-18(8-4-1)14-25-21-11-19(12-24-13-21)23-15-22(23,16-23)17-26-20-9-5-2-6-10-20/h1-13H,14-17H2. The summed E-state index contributed by atoms with van der Waals surface area (Å²) in [5, 5.41) is 0. The zero-order chi connectivity index (χ0) is 17.5. The maximum absolute atomic E-state index is 6.01.